The number of piperidine rings is 1. The van der Waals surface area contributed by atoms with Gasteiger partial charge in [0.1, 0.15) is 0 Å². The summed E-state index contributed by atoms with van der Waals surface area (Å²) in [6.07, 6.45) is 3.88. The van der Waals surface area contributed by atoms with Crippen LogP contribution >= 0.6 is 0 Å². The fourth-order valence-electron chi connectivity index (χ4n) is 5.47. The topological polar surface area (TPSA) is 72.9 Å². The Bertz CT molecular complexity index is 516. The van der Waals surface area contributed by atoms with E-state index in [0.717, 1.165) is 32.5 Å². The average molecular weight is 351 g/mol. The number of aliphatic carboxylic acids is 1. The Hall–Kier alpha value is -1.30. The number of rotatable bonds is 4. The smallest absolute Gasteiger partial charge is 0.317 e. The highest BCUT2D eigenvalue weighted by Gasteiger charge is 2.55. The quantitative estimate of drug-likeness (QED) is 0.815. The molecule has 0 aromatic rings. The van der Waals surface area contributed by atoms with Crippen LogP contribution in [0.1, 0.15) is 46.5 Å². The molecule has 3 aliphatic rings. The summed E-state index contributed by atoms with van der Waals surface area (Å²) in [5.74, 6) is 0.810. The van der Waals surface area contributed by atoms with Crippen molar-refractivity contribution in [3.63, 3.8) is 0 Å². The highest BCUT2D eigenvalue weighted by molar-refractivity contribution is 5.80. The Morgan fingerprint density at radius 3 is 2.52 bits per heavy atom. The van der Waals surface area contributed by atoms with E-state index in [1.54, 1.807) is 4.90 Å². The zero-order valence-electron chi connectivity index (χ0n) is 15.8. The van der Waals surface area contributed by atoms with Crippen molar-refractivity contribution in [3.05, 3.63) is 0 Å². The summed E-state index contributed by atoms with van der Waals surface area (Å²) >= 11 is 0. The SMILES string of the molecule is CC1CC(C)CN(CC(C)NC(=O)N2C[C@@H]3CCC[C@@]3(C(=O)O)C2)C1. The van der Waals surface area contributed by atoms with Crippen molar-refractivity contribution in [2.45, 2.75) is 52.5 Å². The van der Waals surface area contributed by atoms with Gasteiger partial charge in [-0.1, -0.05) is 20.3 Å². The van der Waals surface area contributed by atoms with Crippen LogP contribution in [0.25, 0.3) is 0 Å². The van der Waals surface area contributed by atoms with E-state index >= 15 is 0 Å². The van der Waals surface area contributed by atoms with Gasteiger partial charge >= 0.3 is 12.0 Å². The van der Waals surface area contributed by atoms with Gasteiger partial charge in [-0.2, -0.15) is 0 Å². The second-order valence-electron chi connectivity index (χ2n) is 8.95. The number of nitrogens with zero attached hydrogens (tertiary/aromatic N) is 2. The number of likely N-dealkylation sites (tertiary alicyclic amines) is 2. The lowest BCUT2D eigenvalue weighted by Gasteiger charge is -2.36. The molecule has 2 N–H and O–H groups in total. The number of urea groups is 1. The second kappa shape index (κ2) is 7.14. The number of carbonyl (C=O) groups excluding carboxylic acids is 1. The Labute approximate surface area is 150 Å². The first kappa shape index (κ1) is 18.5. The van der Waals surface area contributed by atoms with Crippen molar-refractivity contribution < 1.29 is 14.7 Å². The van der Waals surface area contributed by atoms with E-state index in [1.807, 2.05) is 6.92 Å². The van der Waals surface area contributed by atoms with Gasteiger partial charge < -0.3 is 20.2 Å². The zero-order chi connectivity index (χ0) is 18.2. The van der Waals surface area contributed by atoms with Crippen LogP contribution in [0.15, 0.2) is 0 Å². The van der Waals surface area contributed by atoms with Crippen LogP contribution in [0, 0.1) is 23.2 Å². The number of carboxylic acid groups (broad SMARTS) is 1. The Balaban J connectivity index is 1.52. The van der Waals surface area contributed by atoms with E-state index in [2.05, 4.69) is 24.1 Å². The first-order chi connectivity index (χ1) is 11.8. The lowest BCUT2D eigenvalue weighted by molar-refractivity contribution is -0.149. The molecule has 0 bridgehead atoms. The van der Waals surface area contributed by atoms with Crippen LogP contribution in [-0.2, 0) is 4.79 Å². The molecule has 3 fully saturated rings. The minimum absolute atomic E-state index is 0.0752. The third-order valence-corrected chi connectivity index (χ3v) is 6.43. The minimum Gasteiger partial charge on any atom is -0.481 e. The van der Waals surface area contributed by atoms with E-state index in [-0.39, 0.29) is 18.0 Å². The number of fused-ring (bicyclic) bond motifs is 1. The zero-order valence-corrected chi connectivity index (χ0v) is 15.8. The Kier molecular flexibility index (Phi) is 5.28. The lowest BCUT2D eigenvalue weighted by atomic mass is 9.81. The van der Waals surface area contributed by atoms with E-state index in [1.165, 1.54) is 6.42 Å². The number of hydrogen-bond acceptors (Lipinski definition) is 3. The molecular weight excluding hydrogens is 318 g/mol. The van der Waals surface area contributed by atoms with Crippen molar-refractivity contribution in [1.29, 1.82) is 0 Å². The van der Waals surface area contributed by atoms with E-state index in [9.17, 15) is 14.7 Å². The van der Waals surface area contributed by atoms with Crippen molar-refractivity contribution in [2.75, 3.05) is 32.7 Å². The summed E-state index contributed by atoms with van der Waals surface area (Å²) in [5.41, 5.74) is -0.696. The molecule has 6 heteroatoms. The predicted octanol–water partition coefficient (Wildman–Crippen LogP) is 2.25. The molecule has 3 unspecified atom stereocenters. The summed E-state index contributed by atoms with van der Waals surface area (Å²) < 4.78 is 0. The van der Waals surface area contributed by atoms with Crippen LogP contribution in [0.5, 0.6) is 0 Å². The van der Waals surface area contributed by atoms with Crippen LogP contribution in [0.3, 0.4) is 0 Å². The monoisotopic (exact) mass is 351 g/mol. The molecule has 142 valence electrons. The van der Waals surface area contributed by atoms with E-state index in [4.69, 9.17) is 0 Å². The highest BCUT2D eigenvalue weighted by Crippen LogP contribution is 2.48. The molecule has 2 heterocycles. The Morgan fingerprint density at radius 2 is 1.92 bits per heavy atom. The van der Waals surface area contributed by atoms with Gasteiger partial charge in [0.25, 0.3) is 0 Å². The minimum atomic E-state index is -0.727. The third-order valence-electron chi connectivity index (χ3n) is 6.43. The van der Waals surface area contributed by atoms with E-state index in [0.29, 0.717) is 31.3 Å². The molecule has 1 saturated carbocycles. The molecule has 2 saturated heterocycles. The lowest BCUT2D eigenvalue weighted by Crippen LogP contribution is -2.50. The first-order valence-electron chi connectivity index (χ1n) is 9.81. The molecule has 0 radical (unpaired) electrons. The van der Waals surface area contributed by atoms with Crippen LogP contribution in [0.2, 0.25) is 0 Å². The molecule has 3 rings (SSSR count). The van der Waals surface area contributed by atoms with Crippen molar-refractivity contribution in [1.82, 2.24) is 15.1 Å². The number of nitrogens with one attached hydrogen (secondary N) is 1. The van der Waals surface area contributed by atoms with Crippen LogP contribution < -0.4 is 5.32 Å². The molecule has 1 aliphatic carbocycles. The highest BCUT2D eigenvalue weighted by atomic mass is 16.4. The van der Waals surface area contributed by atoms with Crippen molar-refractivity contribution in [2.24, 2.45) is 23.2 Å². The largest absolute Gasteiger partial charge is 0.481 e. The Morgan fingerprint density at radius 1 is 1.24 bits per heavy atom. The van der Waals surface area contributed by atoms with Gasteiger partial charge in [-0.15, -0.1) is 0 Å². The molecular formula is C19H33N3O3. The molecule has 0 aromatic carbocycles. The molecule has 0 spiro atoms. The van der Waals surface area contributed by atoms with Crippen molar-refractivity contribution >= 4 is 12.0 Å². The van der Waals surface area contributed by atoms with Gasteiger partial charge in [0.15, 0.2) is 0 Å². The standard InChI is InChI=1S/C19H33N3O3/c1-13-7-14(2)9-21(8-13)10-15(3)20-18(25)22-11-16-5-4-6-19(16,12-22)17(23)24/h13-16H,4-12H2,1-3H3,(H,20,25)(H,23,24)/t13?,14?,15?,16-,19+/m0/s1. The van der Waals surface area contributed by atoms with Gasteiger partial charge in [-0.3, -0.25) is 4.79 Å². The maximum atomic E-state index is 12.6. The van der Waals surface area contributed by atoms with Gasteiger partial charge in [-0.05, 0) is 43.9 Å². The summed E-state index contributed by atoms with van der Waals surface area (Å²) in [4.78, 5) is 28.6. The molecule has 25 heavy (non-hydrogen) atoms. The fraction of sp³-hybridized carbons (Fsp3) is 0.895. The molecule has 6 nitrogen and oxygen atoms in total. The first-order valence-corrected chi connectivity index (χ1v) is 9.81. The number of amides is 2. The maximum Gasteiger partial charge on any atom is 0.317 e. The number of hydrogen-bond donors (Lipinski definition) is 2. The number of carboxylic acids is 1. The third kappa shape index (κ3) is 3.78. The fourth-order valence-corrected chi connectivity index (χ4v) is 5.47. The predicted molar refractivity (Wildman–Crippen MR) is 96.4 cm³/mol. The average Bonchev–Trinajstić information content (AvgIpc) is 3.03. The molecule has 2 aliphatic heterocycles. The number of carbonyl (C=O) groups is 2. The van der Waals surface area contributed by atoms with Gasteiger partial charge in [-0.25, -0.2) is 4.79 Å². The van der Waals surface area contributed by atoms with Crippen LogP contribution in [-0.4, -0.2) is 65.7 Å². The van der Waals surface area contributed by atoms with Crippen LogP contribution in [0.4, 0.5) is 4.79 Å². The van der Waals surface area contributed by atoms with Gasteiger partial charge in [0.05, 0.1) is 5.41 Å². The maximum absolute atomic E-state index is 12.6. The van der Waals surface area contributed by atoms with E-state index < -0.39 is 11.4 Å². The van der Waals surface area contributed by atoms with Gasteiger partial charge in [0.2, 0.25) is 0 Å². The summed E-state index contributed by atoms with van der Waals surface area (Å²) in [6.45, 7) is 10.6. The molecule has 2 amide bonds. The summed E-state index contributed by atoms with van der Waals surface area (Å²) in [7, 11) is 0. The summed E-state index contributed by atoms with van der Waals surface area (Å²) in [5, 5.41) is 12.8. The molecule has 0 aromatic heterocycles. The van der Waals surface area contributed by atoms with Gasteiger partial charge in [0, 0.05) is 38.8 Å². The second-order valence-corrected chi connectivity index (χ2v) is 8.95. The normalized spacial score (nSPS) is 36.9. The summed E-state index contributed by atoms with van der Waals surface area (Å²) in [6, 6.07) is -0.0214. The molecule has 5 atom stereocenters. The van der Waals surface area contributed by atoms with Crippen molar-refractivity contribution in [3.8, 4) is 0 Å².